The van der Waals surface area contributed by atoms with Crippen LogP contribution in [0, 0.1) is 6.92 Å². The summed E-state index contributed by atoms with van der Waals surface area (Å²) in [6.45, 7) is 5.59. The molecule has 72 valence electrons. The van der Waals surface area contributed by atoms with Crippen molar-refractivity contribution in [2.75, 3.05) is 13.1 Å². The minimum atomic E-state index is -0.388. The summed E-state index contributed by atoms with van der Waals surface area (Å²) in [6.07, 6.45) is -0.388. The van der Waals surface area contributed by atoms with Gasteiger partial charge in [-0.05, 0) is 19.0 Å². The molecule has 0 fully saturated rings. The summed E-state index contributed by atoms with van der Waals surface area (Å²) < 4.78 is 0. The van der Waals surface area contributed by atoms with Crippen LogP contribution in [0.25, 0.3) is 0 Å². The fourth-order valence-electron chi connectivity index (χ4n) is 1.19. The van der Waals surface area contributed by atoms with Crippen LogP contribution < -0.4 is 5.32 Å². The van der Waals surface area contributed by atoms with Crippen molar-refractivity contribution in [1.29, 1.82) is 0 Å². The molecule has 0 aromatic heterocycles. The molecule has 0 aliphatic heterocycles. The largest absolute Gasteiger partial charge is 0.387 e. The molecule has 0 aliphatic rings. The maximum absolute atomic E-state index is 9.68. The van der Waals surface area contributed by atoms with Crippen LogP contribution in [0.2, 0.25) is 0 Å². The summed E-state index contributed by atoms with van der Waals surface area (Å²) in [5.74, 6) is 0. The molecule has 13 heavy (non-hydrogen) atoms. The fourth-order valence-corrected chi connectivity index (χ4v) is 1.19. The molecule has 0 bridgehead atoms. The van der Waals surface area contributed by atoms with Crippen LogP contribution in [-0.4, -0.2) is 18.2 Å². The monoisotopic (exact) mass is 179 g/mol. The number of hydrogen-bond acceptors (Lipinski definition) is 2. The summed E-state index contributed by atoms with van der Waals surface area (Å²) in [5.41, 5.74) is 2.20. The molecule has 1 atom stereocenters. The first-order valence-corrected chi connectivity index (χ1v) is 4.69. The number of hydrogen-bond donors (Lipinski definition) is 2. The fraction of sp³-hybridized carbons (Fsp3) is 0.455. The molecule has 1 aromatic carbocycles. The van der Waals surface area contributed by atoms with Gasteiger partial charge < -0.3 is 10.4 Å². The molecular weight excluding hydrogens is 162 g/mol. The molecule has 2 N–H and O–H groups in total. The first-order chi connectivity index (χ1) is 6.24. The minimum absolute atomic E-state index is 0.388. The SMILES string of the molecule is CCNCC(O)c1ccc(C)cc1. The molecule has 2 heteroatoms. The van der Waals surface area contributed by atoms with Crippen molar-refractivity contribution in [1.82, 2.24) is 5.32 Å². The highest BCUT2D eigenvalue weighted by atomic mass is 16.3. The zero-order chi connectivity index (χ0) is 9.68. The number of nitrogens with one attached hydrogen (secondary N) is 1. The van der Waals surface area contributed by atoms with Gasteiger partial charge in [0.25, 0.3) is 0 Å². The van der Waals surface area contributed by atoms with Gasteiger partial charge in [-0.3, -0.25) is 0 Å². The van der Waals surface area contributed by atoms with Gasteiger partial charge in [-0.1, -0.05) is 36.8 Å². The van der Waals surface area contributed by atoms with Crippen LogP contribution in [0.15, 0.2) is 24.3 Å². The molecule has 0 radical (unpaired) electrons. The lowest BCUT2D eigenvalue weighted by Gasteiger charge is -2.11. The maximum Gasteiger partial charge on any atom is 0.0914 e. The highest BCUT2D eigenvalue weighted by molar-refractivity contribution is 5.23. The quantitative estimate of drug-likeness (QED) is 0.736. The van der Waals surface area contributed by atoms with E-state index in [1.807, 2.05) is 38.1 Å². The van der Waals surface area contributed by atoms with Crippen molar-refractivity contribution in [3.05, 3.63) is 35.4 Å². The summed E-state index contributed by atoms with van der Waals surface area (Å²) in [6, 6.07) is 7.98. The molecule has 0 saturated carbocycles. The highest BCUT2D eigenvalue weighted by Gasteiger charge is 2.04. The van der Waals surface area contributed by atoms with Gasteiger partial charge >= 0.3 is 0 Å². The van der Waals surface area contributed by atoms with Gasteiger partial charge in [0, 0.05) is 6.54 Å². The summed E-state index contributed by atoms with van der Waals surface area (Å²) >= 11 is 0. The van der Waals surface area contributed by atoms with Gasteiger partial charge in [0.2, 0.25) is 0 Å². The topological polar surface area (TPSA) is 32.3 Å². The second-order valence-electron chi connectivity index (χ2n) is 3.23. The first-order valence-electron chi connectivity index (χ1n) is 4.69. The van der Waals surface area contributed by atoms with Gasteiger partial charge in [0.05, 0.1) is 6.10 Å². The van der Waals surface area contributed by atoms with Gasteiger partial charge in [-0.15, -0.1) is 0 Å². The Morgan fingerprint density at radius 2 is 1.92 bits per heavy atom. The van der Waals surface area contributed by atoms with Gasteiger partial charge in [0.15, 0.2) is 0 Å². The molecule has 2 nitrogen and oxygen atoms in total. The van der Waals surface area contributed by atoms with Gasteiger partial charge in [-0.25, -0.2) is 0 Å². The predicted octanol–water partition coefficient (Wildman–Crippen LogP) is 1.64. The van der Waals surface area contributed by atoms with Crippen LogP contribution in [-0.2, 0) is 0 Å². The van der Waals surface area contributed by atoms with Crippen LogP contribution in [0.1, 0.15) is 24.2 Å². The van der Waals surface area contributed by atoms with E-state index in [0.717, 1.165) is 12.1 Å². The lowest BCUT2D eigenvalue weighted by Crippen LogP contribution is -2.20. The molecule has 0 spiro atoms. The number of aliphatic hydroxyl groups excluding tert-OH is 1. The lowest BCUT2D eigenvalue weighted by atomic mass is 10.1. The standard InChI is InChI=1S/C11H17NO/c1-3-12-8-11(13)10-6-4-9(2)5-7-10/h4-7,11-13H,3,8H2,1-2H3. The average Bonchev–Trinajstić information content (AvgIpc) is 2.15. The van der Waals surface area contributed by atoms with Crippen molar-refractivity contribution in [3.8, 4) is 0 Å². The Kier molecular flexibility index (Phi) is 3.93. The summed E-state index contributed by atoms with van der Waals surface area (Å²) in [4.78, 5) is 0. The smallest absolute Gasteiger partial charge is 0.0914 e. The maximum atomic E-state index is 9.68. The molecule has 0 heterocycles. The van der Waals surface area contributed by atoms with Crippen molar-refractivity contribution in [2.24, 2.45) is 0 Å². The summed E-state index contributed by atoms with van der Waals surface area (Å²) in [7, 11) is 0. The number of likely N-dealkylation sites (N-methyl/N-ethyl adjacent to an activating group) is 1. The third-order valence-corrected chi connectivity index (χ3v) is 2.05. The summed E-state index contributed by atoms with van der Waals surface area (Å²) in [5, 5.41) is 12.8. The average molecular weight is 179 g/mol. The Morgan fingerprint density at radius 1 is 1.31 bits per heavy atom. The zero-order valence-electron chi connectivity index (χ0n) is 8.25. The van der Waals surface area contributed by atoms with E-state index in [-0.39, 0.29) is 6.10 Å². The van der Waals surface area contributed by atoms with Crippen molar-refractivity contribution < 1.29 is 5.11 Å². The zero-order valence-corrected chi connectivity index (χ0v) is 8.25. The van der Waals surface area contributed by atoms with Gasteiger partial charge in [-0.2, -0.15) is 0 Å². The second kappa shape index (κ2) is 5.00. The van der Waals surface area contributed by atoms with Crippen LogP contribution >= 0.6 is 0 Å². The Balaban J connectivity index is 2.55. The van der Waals surface area contributed by atoms with E-state index in [1.165, 1.54) is 5.56 Å². The van der Waals surface area contributed by atoms with E-state index in [4.69, 9.17) is 0 Å². The van der Waals surface area contributed by atoms with Gasteiger partial charge in [0.1, 0.15) is 0 Å². The van der Waals surface area contributed by atoms with Crippen LogP contribution in [0.5, 0.6) is 0 Å². The highest BCUT2D eigenvalue weighted by Crippen LogP contribution is 2.12. The number of aryl methyl sites for hydroxylation is 1. The molecule has 0 aliphatic carbocycles. The molecule has 1 unspecified atom stereocenters. The Hall–Kier alpha value is -0.860. The Labute approximate surface area is 79.6 Å². The number of rotatable bonds is 4. The minimum Gasteiger partial charge on any atom is -0.387 e. The normalized spacial score (nSPS) is 12.8. The van der Waals surface area contributed by atoms with Crippen molar-refractivity contribution >= 4 is 0 Å². The number of aliphatic hydroxyl groups is 1. The Morgan fingerprint density at radius 3 is 2.46 bits per heavy atom. The van der Waals surface area contributed by atoms with Crippen LogP contribution in [0.4, 0.5) is 0 Å². The second-order valence-corrected chi connectivity index (χ2v) is 3.23. The van der Waals surface area contributed by atoms with E-state index in [1.54, 1.807) is 0 Å². The Bertz CT molecular complexity index is 243. The molecule has 0 saturated heterocycles. The van der Waals surface area contributed by atoms with Crippen molar-refractivity contribution in [2.45, 2.75) is 20.0 Å². The van der Waals surface area contributed by atoms with E-state index in [9.17, 15) is 5.11 Å². The van der Waals surface area contributed by atoms with E-state index in [2.05, 4.69) is 5.32 Å². The van der Waals surface area contributed by atoms with Crippen molar-refractivity contribution in [3.63, 3.8) is 0 Å². The molecule has 0 amide bonds. The van der Waals surface area contributed by atoms with E-state index in [0.29, 0.717) is 6.54 Å². The van der Waals surface area contributed by atoms with E-state index < -0.39 is 0 Å². The lowest BCUT2D eigenvalue weighted by molar-refractivity contribution is 0.175. The first kappa shape index (κ1) is 10.2. The third-order valence-electron chi connectivity index (χ3n) is 2.05. The molecule has 1 aromatic rings. The van der Waals surface area contributed by atoms with Crippen LogP contribution in [0.3, 0.4) is 0 Å². The molecular formula is C11H17NO. The molecule has 1 rings (SSSR count). The predicted molar refractivity (Wildman–Crippen MR) is 54.7 cm³/mol. The third kappa shape index (κ3) is 3.17. The number of benzene rings is 1. The van der Waals surface area contributed by atoms with E-state index >= 15 is 0 Å².